The van der Waals surface area contributed by atoms with Gasteiger partial charge in [-0.2, -0.15) is 0 Å². The first-order valence-corrected chi connectivity index (χ1v) is 10.4. The van der Waals surface area contributed by atoms with Crippen molar-refractivity contribution >= 4 is 35.0 Å². The molecule has 3 aromatic rings. The van der Waals surface area contributed by atoms with Crippen molar-refractivity contribution in [2.45, 2.75) is 25.2 Å². The molecule has 0 radical (unpaired) electrons. The van der Waals surface area contributed by atoms with Crippen molar-refractivity contribution in [1.82, 2.24) is 14.8 Å². The minimum absolute atomic E-state index is 0.0484. The highest BCUT2D eigenvalue weighted by Gasteiger charge is 2.14. The molecule has 0 saturated carbocycles. The number of rotatable bonds is 9. The van der Waals surface area contributed by atoms with E-state index in [1.807, 2.05) is 35.8 Å². The van der Waals surface area contributed by atoms with E-state index in [-0.39, 0.29) is 23.3 Å². The smallest absolute Gasteiger partial charge is 0.234 e. The van der Waals surface area contributed by atoms with Crippen LogP contribution >= 0.6 is 23.4 Å². The number of carbonyl (C=O) groups excluding carboxylic acids is 1. The lowest BCUT2D eigenvalue weighted by atomic mass is 10.3. The third-order valence-corrected chi connectivity index (χ3v) is 5.33. The van der Waals surface area contributed by atoms with Gasteiger partial charge in [0.1, 0.15) is 23.9 Å². The summed E-state index contributed by atoms with van der Waals surface area (Å²) in [6, 6.07) is 11.3. The van der Waals surface area contributed by atoms with Gasteiger partial charge in [0.15, 0.2) is 11.0 Å². The number of anilines is 1. The number of halogens is 2. The summed E-state index contributed by atoms with van der Waals surface area (Å²) in [7, 11) is 1.61. The first kappa shape index (κ1) is 21.9. The molecule has 10 heteroatoms. The summed E-state index contributed by atoms with van der Waals surface area (Å²) in [5.41, 5.74) is 0.428. The second kappa shape index (κ2) is 10.3. The van der Waals surface area contributed by atoms with Gasteiger partial charge in [-0.05, 0) is 49.4 Å². The van der Waals surface area contributed by atoms with Gasteiger partial charge in [0.25, 0.3) is 0 Å². The standard InChI is InChI=1S/C20H20ClFN4O3S/c1-3-26-18(11-29-15-7-5-14(28-2)6-8-15)24-25-20(26)30-12-19(27)23-13-4-9-17(22)16(21)10-13/h4-10H,3,11-12H2,1-2H3,(H,23,27). The zero-order valence-corrected chi connectivity index (χ0v) is 18.0. The Morgan fingerprint density at radius 2 is 1.93 bits per heavy atom. The summed E-state index contributed by atoms with van der Waals surface area (Å²) in [6.45, 7) is 2.84. The summed E-state index contributed by atoms with van der Waals surface area (Å²) < 4.78 is 26.0. The quantitative estimate of drug-likeness (QED) is 0.486. The molecule has 1 heterocycles. The monoisotopic (exact) mass is 450 g/mol. The van der Waals surface area contributed by atoms with Crippen molar-refractivity contribution in [1.29, 1.82) is 0 Å². The van der Waals surface area contributed by atoms with Gasteiger partial charge in [-0.25, -0.2) is 4.39 Å². The number of methoxy groups -OCH3 is 1. The molecule has 0 spiro atoms. The highest BCUT2D eigenvalue weighted by molar-refractivity contribution is 7.99. The topological polar surface area (TPSA) is 78.3 Å². The van der Waals surface area contributed by atoms with Gasteiger partial charge in [0, 0.05) is 12.2 Å². The number of benzene rings is 2. The molecule has 0 saturated heterocycles. The molecule has 0 aliphatic rings. The van der Waals surface area contributed by atoms with Gasteiger partial charge < -0.3 is 19.4 Å². The molecule has 3 rings (SSSR count). The molecule has 7 nitrogen and oxygen atoms in total. The average molecular weight is 451 g/mol. The molecule has 1 aromatic heterocycles. The second-order valence-electron chi connectivity index (χ2n) is 6.07. The minimum Gasteiger partial charge on any atom is -0.497 e. The molecule has 1 N–H and O–H groups in total. The third-order valence-electron chi connectivity index (χ3n) is 4.07. The van der Waals surface area contributed by atoms with Crippen LogP contribution in [0.15, 0.2) is 47.6 Å². The van der Waals surface area contributed by atoms with Crippen LogP contribution in [0.5, 0.6) is 11.5 Å². The van der Waals surface area contributed by atoms with E-state index in [0.29, 0.717) is 29.0 Å². The fourth-order valence-electron chi connectivity index (χ4n) is 2.57. The molecule has 0 bridgehead atoms. The first-order chi connectivity index (χ1) is 14.5. The third kappa shape index (κ3) is 5.64. The molecule has 1 amide bonds. The zero-order chi connectivity index (χ0) is 21.5. The molecule has 2 aromatic carbocycles. The van der Waals surface area contributed by atoms with E-state index in [9.17, 15) is 9.18 Å². The predicted molar refractivity (Wildman–Crippen MR) is 114 cm³/mol. The zero-order valence-electron chi connectivity index (χ0n) is 16.4. The van der Waals surface area contributed by atoms with Crippen LogP contribution < -0.4 is 14.8 Å². The molecule has 0 fully saturated rings. The molecule has 30 heavy (non-hydrogen) atoms. The normalized spacial score (nSPS) is 10.7. The lowest BCUT2D eigenvalue weighted by molar-refractivity contribution is -0.113. The molecule has 0 atom stereocenters. The van der Waals surface area contributed by atoms with E-state index in [4.69, 9.17) is 21.1 Å². The van der Waals surface area contributed by atoms with Gasteiger partial charge in [-0.1, -0.05) is 23.4 Å². The second-order valence-corrected chi connectivity index (χ2v) is 7.42. The van der Waals surface area contributed by atoms with E-state index >= 15 is 0 Å². The highest BCUT2D eigenvalue weighted by Crippen LogP contribution is 2.22. The van der Waals surface area contributed by atoms with Crippen molar-refractivity contribution in [2.24, 2.45) is 0 Å². The van der Waals surface area contributed by atoms with Gasteiger partial charge in [0.2, 0.25) is 5.91 Å². The predicted octanol–water partition coefficient (Wildman–Crippen LogP) is 4.41. The van der Waals surface area contributed by atoms with Gasteiger partial charge in [-0.15, -0.1) is 10.2 Å². The summed E-state index contributed by atoms with van der Waals surface area (Å²) in [5, 5.41) is 11.6. The van der Waals surface area contributed by atoms with Crippen molar-refractivity contribution in [3.05, 3.63) is 59.1 Å². The Hall–Kier alpha value is -2.78. The van der Waals surface area contributed by atoms with E-state index in [0.717, 1.165) is 5.75 Å². The number of nitrogens with one attached hydrogen (secondary N) is 1. The number of amides is 1. The molecule has 0 unspecified atom stereocenters. The molecular formula is C20H20ClFN4O3S. The van der Waals surface area contributed by atoms with Crippen LogP contribution in [0, 0.1) is 5.82 Å². The summed E-state index contributed by atoms with van der Waals surface area (Å²) in [5.74, 6) is 1.41. The van der Waals surface area contributed by atoms with E-state index in [1.165, 1.54) is 30.0 Å². The van der Waals surface area contributed by atoms with E-state index in [2.05, 4.69) is 15.5 Å². The average Bonchev–Trinajstić information content (AvgIpc) is 3.15. The Morgan fingerprint density at radius 1 is 1.20 bits per heavy atom. The van der Waals surface area contributed by atoms with Crippen molar-refractivity contribution in [3.8, 4) is 11.5 Å². The number of ether oxygens (including phenoxy) is 2. The fourth-order valence-corrected chi connectivity index (χ4v) is 3.57. The highest BCUT2D eigenvalue weighted by atomic mass is 35.5. The molecule has 158 valence electrons. The number of hydrogen-bond donors (Lipinski definition) is 1. The van der Waals surface area contributed by atoms with E-state index < -0.39 is 5.82 Å². The summed E-state index contributed by atoms with van der Waals surface area (Å²) in [6.07, 6.45) is 0. The molecule has 0 aliphatic heterocycles. The number of aromatic nitrogens is 3. The summed E-state index contributed by atoms with van der Waals surface area (Å²) >= 11 is 6.98. The maximum Gasteiger partial charge on any atom is 0.234 e. The van der Waals surface area contributed by atoms with Crippen LogP contribution in [0.4, 0.5) is 10.1 Å². The van der Waals surface area contributed by atoms with Crippen molar-refractivity contribution in [2.75, 3.05) is 18.2 Å². The van der Waals surface area contributed by atoms with Crippen LogP contribution in [0.3, 0.4) is 0 Å². The van der Waals surface area contributed by atoms with Crippen LogP contribution in [-0.4, -0.2) is 33.5 Å². The maximum atomic E-state index is 13.2. The lowest BCUT2D eigenvalue weighted by Gasteiger charge is -2.09. The van der Waals surface area contributed by atoms with Gasteiger partial charge in [0.05, 0.1) is 17.9 Å². The Kier molecular flexibility index (Phi) is 7.53. The Bertz CT molecular complexity index is 1010. The van der Waals surface area contributed by atoms with Crippen LogP contribution in [0.1, 0.15) is 12.7 Å². The van der Waals surface area contributed by atoms with Crippen molar-refractivity contribution in [3.63, 3.8) is 0 Å². The number of nitrogens with zero attached hydrogens (tertiary/aromatic N) is 3. The van der Waals surface area contributed by atoms with Crippen LogP contribution in [0.25, 0.3) is 0 Å². The summed E-state index contributed by atoms with van der Waals surface area (Å²) in [4.78, 5) is 12.2. The van der Waals surface area contributed by atoms with Gasteiger partial charge in [-0.3, -0.25) is 4.79 Å². The molecule has 0 aliphatic carbocycles. The lowest BCUT2D eigenvalue weighted by Crippen LogP contribution is -2.15. The number of thioether (sulfide) groups is 1. The largest absolute Gasteiger partial charge is 0.497 e. The Balaban J connectivity index is 1.56. The number of carbonyl (C=O) groups is 1. The van der Waals surface area contributed by atoms with Crippen molar-refractivity contribution < 1.29 is 18.7 Å². The van der Waals surface area contributed by atoms with Crippen LogP contribution in [0.2, 0.25) is 5.02 Å². The Morgan fingerprint density at radius 3 is 2.60 bits per heavy atom. The van der Waals surface area contributed by atoms with Gasteiger partial charge >= 0.3 is 0 Å². The number of hydrogen-bond acceptors (Lipinski definition) is 6. The van der Waals surface area contributed by atoms with Crippen LogP contribution in [-0.2, 0) is 17.9 Å². The Labute approximate surface area is 182 Å². The maximum absolute atomic E-state index is 13.2. The SMILES string of the molecule is CCn1c(COc2ccc(OC)cc2)nnc1SCC(=O)Nc1ccc(F)c(Cl)c1. The van der Waals surface area contributed by atoms with E-state index in [1.54, 1.807) is 7.11 Å². The minimum atomic E-state index is -0.538. The molecular weight excluding hydrogens is 431 g/mol. The fraction of sp³-hybridized carbons (Fsp3) is 0.250. The first-order valence-electron chi connectivity index (χ1n) is 9.06.